The van der Waals surface area contributed by atoms with Crippen LogP contribution in [0.5, 0.6) is 0 Å². The number of aromatic nitrogens is 3. The maximum Gasteiger partial charge on any atom is 0.128 e. The summed E-state index contributed by atoms with van der Waals surface area (Å²) in [4.78, 5) is 13.5. The van der Waals surface area contributed by atoms with E-state index in [2.05, 4.69) is 153 Å². The van der Waals surface area contributed by atoms with Gasteiger partial charge in [-0.2, -0.15) is 0 Å². The Bertz CT molecular complexity index is 2910. The van der Waals surface area contributed by atoms with Crippen LogP contribution in [0.2, 0.25) is 0 Å². The fourth-order valence-corrected chi connectivity index (χ4v) is 7.70. The Labute approximate surface area is 380 Å². The van der Waals surface area contributed by atoms with E-state index in [1.54, 1.807) is 18.5 Å². The second-order valence-electron chi connectivity index (χ2n) is 18.9. The zero-order chi connectivity index (χ0) is 45.8. The predicted octanol–water partition coefficient (Wildman–Crippen LogP) is 15.6. The van der Waals surface area contributed by atoms with Gasteiger partial charge < -0.3 is 9.40 Å². The molecule has 1 radical (unpaired) electrons. The zero-order valence-electron chi connectivity index (χ0n) is 40.4. The van der Waals surface area contributed by atoms with Gasteiger partial charge in [0.25, 0.3) is 0 Å². The summed E-state index contributed by atoms with van der Waals surface area (Å²) in [7, 11) is 0. The molecule has 5 aromatic carbocycles. The number of furan rings is 1. The van der Waals surface area contributed by atoms with Crippen molar-refractivity contribution >= 4 is 32.7 Å². The first-order chi connectivity index (χ1) is 29.5. The standard InChI is InChI=1S/C40H43N2O.C15H15FN.Ir/c1-22(2)28-18-31(23(3)4)37(32(19-28)24(5)6)27-13-12-26-14-16-30-36-25(7)11-15-29(39(36)43-38(30)33(26)17-27)34-20-35(40(8,9)10)42-21-41-34;1-15(2,3)12-6-9-14(17-10-12)11-4-7-13(16)8-5-11;/h11-14,16-24H,1-10H3;4,6-10H,1-3H3;/q2*-1;/i7D3;;. The van der Waals surface area contributed by atoms with Gasteiger partial charge in [-0.3, -0.25) is 9.37 Å². The van der Waals surface area contributed by atoms with Gasteiger partial charge in [0.15, 0.2) is 0 Å². The topological polar surface area (TPSA) is 51.8 Å². The van der Waals surface area contributed by atoms with Crippen molar-refractivity contribution in [2.24, 2.45) is 0 Å². The number of nitrogens with zero attached hydrogens (tertiary/aromatic N) is 3. The molecule has 61 heavy (non-hydrogen) atoms. The van der Waals surface area contributed by atoms with E-state index in [0.29, 0.717) is 45.6 Å². The molecule has 0 atom stereocenters. The van der Waals surface area contributed by atoms with Crippen molar-refractivity contribution < 1.29 is 33.0 Å². The number of fused-ring (bicyclic) bond motifs is 5. The normalized spacial score (nSPS) is 13.0. The van der Waals surface area contributed by atoms with Crippen molar-refractivity contribution in [3.8, 4) is 33.6 Å². The summed E-state index contributed by atoms with van der Waals surface area (Å²) < 4.78 is 44.7. The first kappa shape index (κ1) is 41.3. The molecular weight excluding hydrogens is 930 g/mol. The van der Waals surface area contributed by atoms with Crippen LogP contribution >= 0.6 is 0 Å². The molecule has 0 aliphatic rings. The maximum absolute atomic E-state index is 12.8. The van der Waals surface area contributed by atoms with Gasteiger partial charge in [-0.05, 0) is 79.4 Å². The van der Waals surface area contributed by atoms with Gasteiger partial charge >= 0.3 is 0 Å². The molecule has 0 amide bonds. The number of halogens is 1. The summed E-state index contributed by atoms with van der Waals surface area (Å²) in [5.41, 5.74) is 12.7. The summed E-state index contributed by atoms with van der Waals surface area (Å²) in [6.07, 6.45) is 3.42. The van der Waals surface area contributed by atoms with Crippen molar-refractivity contribution in [1.82, 2.24) is 15.0 Å². The van der Waals surface area contributed by atoms with Crippen LogP contribution in [0.1, 0.15) is 138 Å². The van der Waals surface area contributed by atoms with E-state index >= 15 is 0 Å². The number of aryl methyl sites for hydroxylation is 1. The van der Waals surface area contributed by atoms with Crippen LogP contribution in [0.4, 0.5) is 4.39 Å². The van der Waals surface area contributed by atoms with E-state index in [4.69, 9.17) is 8.53 Å². The van der Waals surface area contributed by atoms with E-state index in [9.17, 15) is 4.39 Å². The SMILES string of the molecule is CC(C)(C)c1ccc(-c2[c-]cc(F)cc2)nc1.[2H]C([2H])([2H])c1c[c-]c(-c2cc(C(C)(C)C)ncn2)c2oc3c4cc(-c5c(C(C)C)cc(C(C)C)cc5C(C)C)ccc4ccc3c12.[Ir]. The molecule has 6 heteroatoms. The quantitative estimate of drug-likeness (QED) is 0.156. The molecule has 3 aromatic heterocycles. The summed E-state index contributed by atoms with van der Waals surface area (Å²) in [6.45, 7) is 24.0. The van der Waals surface area contributed by atoms with Crippen LogP contribution in [-0.2, 0) is 30.9 Å². The number of hydrogen-bond acceptors (Lipinski definition) is 4. The van der Waals surface area contributed by atoms with E-state index in [1.165, 1.54) is 39.9 Å². The smallest absolute Gasteiger partial charge is 0.128 e. The molecule has 0 unspecified atom stereocenters. The van der Waals surface area contributed by atoms with Gasteiger partial charge in [0.05, 0.1) is 5.58 Å². The molecule has 0 bridgehead atoms. The minimum atomic E-state index is -2.35. The third kappa shape index (κ3) is 9.42. The van der Waals surface area contributed by atoms with Crippen LogP contribution < -0.4 is 0 Å². The molecule has 0 saturated heterocycles. The minimum Gasteiger partial charge on any atom is -0.500 e. The van der Waals surface area contributed by atoms with Crippen molar-refractivity contribution in [2.75, 3.05) is 0 Å². The molecule has 4 nitrogen and oxygen atoms in total. The predicted molar refractivity (Wildman–Crippen MR) is 249 cm³/mol. The number of benzene rings is 5. The van der Waals surface area contributed by atoms with Crippen LogP contribution in [0.3, 0.4) is 0 Å². The Hall–Kier alpha value is -5.03. The molecule has 0 fully saturated rings. The molecule has 0 aliphatic carbocycles. The van der Waals surface area contributed by atoms with E-state index in [0.717, 1.165) is 38.7 Å². The first-order valence-electron chi connectivity index (χ1n) is 22.5. The van der Waals surface area contributed by atoms with Crippen molar-refractivity contribution in [1.29, 1.82) is 0 Å². The van der Waals surface area contributed by atoms with E-state index in [-0.39, 0.29) is 42.3 Å². The molecule has 0 spiro atoms. The Morgan fingerprint density at radius 2 is 1.38 bits per heavy atom. The van der Waals surface area contributed by atoms with Gasteiger partial charge in [0.1, 0.15) is 11.9 Å². The minimum absolute atomic E-state index is 0. The number of hydrogen-bond donors (Lipinski definition) is 0. The largest absolute Gasteiger partial charge is 0.500 e. The maximum atomic E-state index is 12.8. The molecule has 317 valence electrons. The van der Waals surface area contributed by atoms with Crippen LogP contribution in [0.25, 0.3) is 66.4 Å². The molecule has 0 N–H and O–H groups in total. The van der Waals surface area contributed by atoms with Crippen molar-refractivity contribution in [2.45, 2.75) is 119 Å². The number of rotatable bonds is 6. The Kier molecular flexibility index (Phi) is 12.0. The van der Waals surface area contributed by atoms with E-state index < -0.39 is 6.85 Å². The van der Waals surface area contributed by atoms with Gasteiger partial charge in [0.2, 0.25) is 0 Å². The second kappa shape index (κ2) is 17.8. The molecule has 8 rings (SSSR count). The second-order valence-corrected chi connectivity index (χ2v) is 18.9. The van der Waals surface area contributed by atoms with Gasteiger partial charge in [-0.1, -0.05) is 155 Å². The summed E-state index contributed by atoms with van der Waals surface area (Å²) >= 11 is 0. The van der Waals surface area contributed by atoms with Crippen molar-refractivity contribution in [3.63, 3.8) is 0 Å². The molecular formula is C55H58FIrN3O-2. The van der Waals surface area contributed by atoms with Gasteiger partial charge in [0, 0.05) is 58.1 Å². The Morgan fingerprint density at radius 3 is 1.95 bits per heavy atom. The van der Waals surface area contributed by atoms with Gasteiger partial charge in [-0.25, -0.2) is 4.98 Å². The molecule has 3 heterocycles. The average Bonchev–Trinajstić information content (AvgIpc) is 3.62. The average molecular weight is 991 g/mol. The monoisotopic (exact) mass is 991 g/mol. The zero-order valence-corrected chi connectivity index (χ0v) is 39.8. The summed E-state index contributed by atoms with van der Waals surface area (Å²) in [5, 5.41) is 3.34. The van der Waals surface area contributed by atoms with Crippen LogP contribution in [0.15, 0.2) is 102 Å². The van der Waals surface area contributed by atoms with Gasteiger partial charge in [-0.15, -0.1) is 47.5 Å². The summed E-state index contributed by atoms with van der Waals surface area (Å²) in [6, 6.07) is 33.5. The van der Waals surface area contributed by atoms with Crippen LogP contribution in [0, 0.1) is 24.8 Å². The third-order valence-electron chi connectivity index (χ3n) is 11.3. The first-order valence-corrected chi connectivity index (χ1v) is 21.0. The van der Waals surface area contributed by atoms with Crippen molar-refractivity contribution in [3.05, 3.63) is 149 Å². The molecule has 0 saturated carbocycles. The third-order valence-corrected chi connectivity index (χ3v) is 11.3. The molecule has 8 aromatic rings. The Morgan fingerprint density at radius 1 is 0.672 bits per heavy atom. The van der Waals surface area contributed by atoms with Crippen LogP contribution in [-0.4, -0.2) is 15.0 Å². The van der Waals surface area contributed by atoms with E-state index in [1.807, 2.05) is 24.4 Å². The summed E-state index contributed by atoms with van der Waals surface area (Å²) in [5.74, 6) is 0.841. The Balaban J connectivity index is 0.000000317. The fraction of sp³-hybridized carbons (Fsp3) is 0.327. The fourth-order valence-electron chi connectivity index (χ4n) is 7.70. The molecule has 0 aliphatic heterocycles. The number of pyridine rings is 1.